The Morgan fingerprint density at radius 3 is 1.18 bits per heavy atom. The van der Waals surface area contributed by atoms with Crippen molar-refractivity contribution < 1.29 is 4.74 Å². The summed E-state index contributed by atoms with van der Waals surface area (Å²) >= 11 is 1.90. The van der Waals surface area contributed by atoms with Crippen LogP contribution in [0.2, 0.25) is 0 Å². The Hall–Kier alpha value is -5.31. The van der Waals surface area contributed by atoms with Crippen LogP contribution in [0.1, 0.15) is 314 Å². The highest BCUT2D eigenvalue weighted by Gasteiger charge is 2.28. The van der Waals surface area contributed by atoms with E-state index in [1.54, 1.807) is 18.7 Å². The SMILES string of the molecule is CC(C)(C)C1C=CC=CO1.CC(C)(C)C1C=CC=CS1.CC(C)(C)N1CCCCC1.CC1CC=CCC1.Cc1c(C)c(C)c(C(C)(C)C)c(C)c1C.Cc1nc(C(C)(C)C)c(C)c(C)c1C.Cc1nc(C)c(C(C)(C)C)c(C)c1C.Cc1nc(C)c(C)c(C(C)(C)C)c1C.Cc1ncc[nH]1. The number of aromatic nitrogens is 5. The molecule has 0 spiro atoms. The fourth-order valence-corrected chi connectivity index (χ4v) is 14.4. The zero-order chi connectivity index (χ0) is 77.6. The number of pyridine rings is 3. The standard InChI is InChI=1S/C15H24.3C13H21N.C9H19N.C9H14O.C9H14S.C7H12.C4H6N2/c1-9-10(2)12(4)14(15(6,7)8)13(5)11(9)3;1-8-10(3)14-11(4)9(2)12(8)13(5,6)7;1-8-9(2)12(13(5,6)7)11(4)14-10(8)3;1-8-9(2)11(4)14-12(10(8)3)13(5,6)7;1-9(2,3)10-7-5-4-6-8-10;2*1-9(2,3)8-6-4-5-7-10-8;1-7-5-3-2-4-6-7;1-4-5-2-3-6-4/h1-8H3;3*1-7H3;4-8H2,1-3H3;2*4-8H,1-3H3;2-3,7H,4-6H2,1H3;2-3H,1H3,(H,5,6). The molecule has 9 rings (SSSR count). The van der Waals surface area contributed by atoms with E-state index in [-0.39, 0.29) is 33.2 Å². The van der Waals surface area contributed by atoms with Crippen LogP contribution in [0.4, 0.5) is 0 Å². The Morgan fingerprint density at radius 1 is 0.430 bits per heavy atom. The molecule has 1 aromatic carbocycles. The van der Waals surface area contributed by atoms with Crippen LogP contribution in [0.15, 0.2) is 72.7 Å². The number of allylic oxidation sites excluding steroid dienone is 6. The van der Waals surface area contributed by atoms with E-state index in [1.807, 2.05) is 30.8 Å². The molecule has 8 heteroatoms. The number of benzene rings is 1. The van der Waals surface area contributed by atoms with Gasteiger partial charge in [0, 0.05) is 68.2 Å². The summed E-state index contributed by atoms with van der Waals surface area (Å²) in [7, 11) is 0. The zero-order valence-electron chi connectivity index (χ0n) is 72.4. The Balaban J connectivity index is 0.000000569. The van der Waals surface area contributed by atoms with Crippen molar-refractivity contribution in [2.75, 3.05) is 13.1 Å². The lowest BCUT2D eigenvalue weighted by molar-refractivity contribution is 0.0823. The Bertz CT molecular complexity index is 3380. The van der Waals surface area contributed by atoms with Crippen molar-refractivity contribution in [2.24, 2.45) is 16.7 Å². The minimum absolute atomic E-state index is 0.146. The van der Waals surface area contributed by atoms with Crippen molar-refractivity contribution in [2.45, 2.75) is 354 Å². The average molecular weight is 1390 g/mol. The van der Waals surface area contributed by atoms with Crippen LogP contribution in [0, 0.1) is 141 Å². The third-order valence-electron chi connectivity index (χ3n) is 20.2. The second-order valence-electron chi connectivity index (χ2n) is 36.3. The maximum atomic E-state index is 5.38. The predicted molar refractivity (Wildman–Crippen MR) is 447 cm³/mol. The normalized spacial score (nSPS) is 16.8. The first kappa shape index (κ1) is 92.7. The molecule has 1 fully saturated rings. The van der Waals surface area contributed by atoms with Gasteiger partial charge < -0.3 is 9.72 Å². The highest BCUT2D eigenvalue weighted by atomic mass is 32.2. The molecular weight excluding hydrogens is 1240 g/mol. The van der Waals surface area contributed by atoms with Gasteiger partial charge >= 0.3 is 0 Å². The topological polar surface area (TPSA) is 79.8 Å². The number of H-pyrrole nitrogens is 1. The lowest BCUT2D eigenvalue weighted by atomic mass is 9.77. The van der Waals surface area contributed by atoms with Crippen LogP contribution < -0.4 is 0 Å². The van der Waals surface area contributed by atoms with Gasteiger partial charge in [-0.15, -0.1) is 11.8 Å². The first-order valence-electron chi connectivity index (χ1n) is 37.8. The first-order valence-corrected chi connectivity index (χ1v) is 38.7. The van der Waals surface area contributed by atoms with E-state index in [1.165, 1.54) is 146 Å². The van der Waals surface area contributed by atoms with Crippen LogP contribution in [0.25, 0.3) is 0 Å². The van der Waals surface area contributed by atoms with Crippen molar-refractivity contribution >= 4 is 11.8 Å². The number of hydrogen-bond acceptors (Lipinski definition) is 7. The lowest BCUT2D eigenvalue weighted by Gasteiger charge is -2.38. The van der Waals surface area contributed by atoms with Crippen LogP contribution in [0.5, 0.6) is 0 Å². The van der Waals surface area contributed by atoms with Gasteiger partial charge in [-0.2, -0.15) is 0 Å². The Morgan fingerprint density at radius 2 is 0.860 bits per heavy atom. The maximum Gasteiger partial charge on any atom is 0.121 e. The molecule has 0 radical (unpaired) electrons. The van der Waals surface area contributed by atoms with Crippen molar-refractivity contribution in [3.05, 3.63) is 196 Å². The van der Waals surface area contributed by atoms with Crippen molar-refractivity contribution in [1.29, 1.82) is 0 Å². The van der Waals surface area contributed by atoms with Gasteiger partial charge in [-0.05, 0) is 319 Å². The van der Waals surface area contributed by atoms with Gasteiger partial charge in [-0.1, -0.05) is 174 Å². The lowest BCUT2D eigenvalue weighted by Crippen LogP contribution is -2.44. The molecule has 7 heterocycles. The minimum atomic E-state index is 0.146. The van der Waals surface area contributed by atoms with Gasteiger partial charge in [0.05, 0.1) is 6.26 Å². The summed E-state index contributed by atoms with van der Waals surface area (Å²) in [5.74, 6) is 1.92. The number of imidazole rings is 1. The van der Waals surface area contributed by atoms with Crippen molar-refractivity contribution in [1.82, 2.24) is 29.8 Å². The molecule has 1 aliphatic carbocycles. The summed E-state index contributed by atoms with van der Waals surface area (Å²) in [6.07, 6.45) is 30.8. The van der Waals surface area contributed by atoms with E-state index in [9.17, 15) is 0 Å². The predicted octanol–water partition coefficient (Wildman–Crippen LogP) is 26.4. The number of thioether (sulfide) groups is 1. The van der Waals surface area contributed by atoms with Crippen molar-refractivity contribution in [3.8, 4) is 0 Å². The molecule has 1 saturated heterocycles. The fraction of sp³-hybridized carbons (Fsp3) is 0.630. The number of ether oxygens (including phenoxy) is 1. The molecular formula is C92H152N6OS. The maximum absolute atomic E-state index is 5.38. The molecule has 0 saturated carbocycles. The minimum Gasteiger partial charge on any atom is -0.493 e. The summed E-state index contributed by atoms with van der Waals surface area (Å²) in [4.78, 5) is 23.2. The molecule has 3 aliphatic heterocycles. The summed E-state index contributed by atoms with van der Waals surface area (Å²) < 4.78 is 5.38. The van der Waals surface area contributed by atoms with Crippen LogP contribution in [-0.4, -0.2) is 59.8 Å². The van der Waals surface area contributed by atoms with Crippen LogP contribution >= 0.6 is 11.8 Å². The summed E-state index contributed by atoms with van der Waals surface area (Å²) in [5.41, 5.74) is 30.1. The molecule has 3 unspecified atom stereocenters. The van der Waals surface area contributed by atoms with Gasteiger partial charge in [0.25, 0.3) is 0 Å². The second kappa shape index (κ2) is 40.1. The quantitative estimate of drug-likeness (QED) is 0.155. The highest BCUT2D eigenvalue weighted by Crippen LogP contribution is 2.37. The molecule has 0 amide bonds. The van der Waals surface area contributed by atoms with E-state index < -0.39 is 0 Å². The van der Waals surface area contributed by atoms with E-state index >= 15 is 0 Å². The van der Waals surface area contributed by atoms with E-state index in [0.717, 1.165) is 34.5 Å². The highest BCUT2D eigenvalue weighted by molar-refractivity contribution is 8.03. The molecule has 5 aromatic rings. The van der Waals surface area contributed by atoms with Gasteiger partial charge in [-0.3, -0.25) is 19.9 Å². The Kier molecular flexibility index (Phi) is 37.2. The van der Waals surface area contributed by atoms with Gasteiger partial charge in [-0.25, -0.2) is 4.98 Å². The number of rotatable bonds is 0. The third-order valence-corrected chi connectivity index (χ3v) is 21.7. The number of hydrogen-bond donors (Lipinski definition) is 1. The smallest absolute Gasteiger partial charge is 0.121 e. The van der Waals surface area contributed by atoms with E-state index in [2.05, 4.69) is 337 Å². The third kappa shape index (κ3) is 30.6. The number of aromatic amines is 1. The molecule has 1 N–H and O–H groups in total. The van der Waals surface area contributed by atoms with Gasteiger partial charge in [0.15, 0.2) is 0 Å². The fourth-order valence-electron chi connectivity index (χ4n) is 13.4. The monoisotopic (exact) mass is 1390 g/mol. The molecule has 3 atom stereocenters. The molecule has 4 aliphatic rings. The van der Waals surface area contributed by atoms with E-state index in [0.29, 0.717) is 16.2 Å². The molecule has 4 aromatic heterocycles. The zero-order valence-corrected chi connectivity index (χ0v) is 73.2. The summed E-state index contributed by atoms with van der Waals surface area (Å²) in [5, 5.41) is 2.81. The largest absolute Gasteiger partial charge is 0.493 e. The number of piperidine rings is 1. The molecule has 0 bridgehead atoms. The first-order chi connectivity index (χ1) is 45.5. The number of aryl methyl sites for hydroxylation is 6. The van der Waals surface area contributed by atoms with Crippen LogP contribution in [0.3, 0.4) is 0 Å². The summed E-state index contributed by atoms with van der Waals surface area (Å²) in [6.45, 7) is 91.1. The average Bonchev–Trinajstić information content (AvgIpc) is 0.820. The van der Waals surface area contributed by atoms with Gasteiger partial charge in [0.1, 0.15) is 11.9 Å². The van der Waals surface area contributed by atoms with Gasteiger partial charge in [0.2, 0.25) is 0 Å². The molecule has 7 nitrogen and oxygen atoms in total. The number of nitrogens with one attached hydrogen (secondary N) is 1. The van der Waals surface area contributed by atoms with E-state index in [4.69, 9.17) is 9.72 Å². The number of likely N-dealkylation sites (tertiary alicyclic amines) is 1. The Labute approximate surface area is 622 Å². The molecule has 562 valence electrons. The number of nitrogens with zero attached hydrogens (tertiary/aromatic N) is 5. The summed E-state index contributed by atoms with van der Waals surface area (Å²) in [6, 6.07) is 0. The van der Waals surface area contributed by atoms with Crippen LogP contribution in [-0.2, 0) is 26.4 Å². The molecule has 100 heavy (non-hydrogen) atoms. The second-order valence-corrected chi connectivity index (χ2v) is 37.3. The van der Waals surface area contributed by atoms with Crippen molar-refractivity contribution in [3.63, 3.8) is 0 Å².